The third-order valence-corrected chi connectivity index (χ3v) is 0.610. The van der Waals surface area contributed by atoms with Crippen LogP contribution in [-0.4, -0.2) is 13.2 Å². The second kappa shape index (κ2) is 6.48. The summed E-state index contributed by atoms with van der Waals surface area (Å²) in [6.07, 6.45) is 5.96. The highest BCUT2D eigenvalue weighted by Crippen LogP contribution is 1.69. The summed E-state index contributed by atoms with van der Waals surface area (Å²) in [4.78, 5) is 4.74. The Balaban J connectivity index is 2.65. The average molecular weight is 113 g/mol. The van der Waals surface area contributed by atoms with Crippen molar-refractivity contribution in [3.63, 3.8) is 0 Å². The molecule has 2 heteroatoms. The van der Waals surface area contributed by atoms with Crippen LogP contribution >= 0.6 is 0 Å². The van der Waals surface area contributed by atoms with E-state index in [2.05, 4.69) is 18.3 Å². The molecule has 46 valence electrons. The molecule has 0 aromatic carbocycles. The Bertz CT molecular complexity index is 75.1. The summed E-state index contributed by atoms with van der Waals surface area (Å²) in [7, 11) is 0. The van der Waals surface area contributed by atoms with Gasteiger partial charge in [-0.1, -0.05) is 12.8 Å². The molecule has 0 rings (SSSR count). The van der Waals surface area contributed by atoms with E-state index in [9.17, 15) is 0 Å². The van der Waals surface area contributed by atoms with Crippen molar-refractivity contribution in [1.82, 2.24) is 5.48 Å². The third kappa shape index (κ3) is 5.48. The summed E-state index contributed by atoms with van der Waals surface area (Å²) < 4.78 is 0. The van der Waals surface area contributed by atoms with Crippen LogP contribution in [0.4, 0.5) is 0 Å². The Kier molecular flexibility index (Phi) is 6.06. The normalized spacial score (nSPS) is 8.50. The maximum absolute atomic E-state index is 4.90. The van der Waals surface area contributed by atoms with Crippen LogP contribution < -0.4 is 5.48 Å². The number of hydrogen-bond acceptors (Lipinski definition) is 2. The molecule has 1 N–H and O–H groups in total. The van der Waals surface area contributed by atoms with Crippen LogP contribution in [0.5, 0.6) is 0 Å². The first kappa shape index (κ1) is 7.48. The fraction of sp³-hybridized carbons (Fsp3) is 0.667. The Hall–Kier alpha value is -0.520. The van der Waals surface area contributed by atoms with Gasteiger partial charge in [-0.15, -0.1) is 6.42 Å². The van der Waals surface area contributed by atoms with Crippen LogP contribution in [0.1, 0.15) is 13.3 Å². The van der Waals surface area contributed by atoms with Crippen molar-refractivity contribution >= 4 is 0 Å². The van der Waals surface area contributed by atoms with Crippen molar-refractivity contribution in [3.8, 4) is 12.3 Å². The predicted molar refractivity (Wildman–Crippen MR) is 33.1 cm³/mol. The van der Waals surface area contributed by atoms with Crippen molar-refractivity contribution in [2.24, 2.45) is 0 Å². The molecule has 0 saturated heterocycles. The largest absolute Gasteiger partial charge is 0.289 e. The predicted octanol–water partition coefficient (Wildman–Crippen LogP) is 0.551. The van der Waals surface area contributed by atoms with E-state index in [4.69, 9.17) is 11.3 Å². The van der Waals surface area contributed by atoms with E-state index in [1.807, 2.05) is 0 Å². The lowest BCUT2D eigenvalue weighted by atomic mass is 10.5. The summed E-state index contributed by atoms with van der Waals surface area (Å²) in [5, 5.41) is 0. The van der Waals surface area contributed by atoms with Crippen molar-refractivity contribution in [2.45, 2.75) is 13.3 Å². The fourth-order valence-electron chi connectivity index (χ4n) is 0.267. The maximum Gasteiger partial charge on any atom is 0.128 e. The lowest BCUT2D eigenvalue weighted by Gasteiger charge is -1.97. The molecule has 0 aliphatic carbocycles. The Morgan fingerprint density at radius 2 is 2.50 bits per heavy atom. The lowest BCUT2D eigenvalue weighted by Crippen LogP contribution is -2.14. The van der Waals surface area contributed by atoms with Crippen molar-refractivity contribution in [2.75, 3.05) is 13.2 Å². The molecule has 0 fully saturated rings. The molecule has 2 nitrogen and oxygen atoms in total. The topological polar surface area (TPSA) is 21.3 Å². The van der Waals surface area contributed by atoms with E-state index in [1.165, 1.54) is 0 Å². The molecule has 0 aliphatic rings. The first-order valence-corrected chi connectivity index (χ1v) is 2.70. The van der Waals surface area contributed by atoms with E-state index in [-0.39, 0.29) is 0 Å². The minimum absolute atomic E-state index is 0.347. The zero-order valence-corrected chi connectivity index (χ0v) is 5.11. The highest BCUT2D eigenvalue weighted by atomic mass is 16.6. The molecule has 0 aliphatic heterocycles. The molecule has 0 radical (unpaired) electrons. The van der Waals surface area contributed by atoms with Crippen molar-refractivity contribution in [1.29, 1.82) is 0 Å². The quantitative estimate of drug-likeness (QED) is 0.326. The van der Waals surface area contributed by atoms with Gasteiger partial charge in [-0.05, 0) is 6.42 Å². The standard InChI is InChI=1S/C6H11NO/c1-3-5-7-8-6-4-2/h2,7H,3,5-6H2,1H3. The van der Waals surface area contributed by atoms with Gasteiger partial charge in [0.05, 0.1) is 0 Å². The van der Waals surface area contributed by atoms with Crippen LogP contribution in [0.25, 0.3) is 0 Å². The van der Waals surface area contributed by atoms with Gasteiger partial charge in [0.25, 0.3) is 0 Å². The van der Waals surface area contributed by atoms with Crippen LogP contribution in [0.2, 0.25) is 0 Å². The molecule has 0 atom stereocenters. The summed E-state index contributed by atoms with van der Waals surface area (Å²) in [6.45, 7) is 3.27. The number of terminal acetylenes is 1. The monoisotopic (exact) mass is 113 g/mol. The number of hydrogen-bond donors (Lipinski definition) is 1. The molecule has 0 aromatic rings. The Morgan fingerprint density at radius 3 is 3.00 bits per heavy atom. The van der Waals surface area contributed by atoms with Gasteiger partial charge in [0.2, 0.25) is 0 Å². The average Bonchev–Trinajstić information content (AvgIpc) is 1.81. The van der Waals surface area contributed by atoms with Gasteiger partial charge in [0.15, 0.2) is 0 Å². The van der Waals surface area contributed by atoms with Crippen LogP contribution in [-0.2, 0) is 4.84 Å². The first-order chi connectivity index (χ1) is 3.91. The summed E-state index contributed by atoms with van der Waals surface area (Å²) in [5.41, 5.74) is 2.69. The molecular formula is C6H11NO. The highest BCUT2D eigenvalue weighted by Gasteiger charge is 1.77. The molecular weight excluding hydrogens is 102 g/mol. The molecule has 0 bridgehead atoms. The van der Waals surface area contributed by atoms with Gasteiger partial charge < -0.3 is 0 Å². The minimum Gasteiger partial charge on any atom is -0.289 e. The molecule has 0 heterocycles. The molecule has 0 amide bonds. The highest BCUT2D eigenvalue weighted by molar-refractivity contribution is 4.82. The Morgan fingerprint density at radius 1 is 1.75 bits per heavy atom. The molecule has 0 aromatic heterocycles. The lowest BCUT2D eigenvalue weighted by molar-refractivity contribution is 0.0666. The zero-order valence-electron chi connectivity index (χ0n) is 5.11. The zero-order chi connectivity index (χ0) is 6.24. The number of rotatable bonds is 4. The number of nitrogens with one attached hydrogen (secondary N) is 1. The molecule has 0 saturated carbocycles. The minimum atomic E-state index is 0.347. The SMILES string of the molecule is C#CCONCCC. The van der Waals surface area contributed by atoms with Crippen molar-refractivity contribution < 1.29 is 4.84 Å². The number of hydroxylamine groups is 1. The van der Waals surface area contributed by atoms with Gasteiger partial charge >= 0.3 is 0 Å². The van der Waals surface area contributed by atoms with Gasteiger partial charge in [0.1, 0.15) is 6.61 Å². The van der Waals surface area contributed by atoms with E-state index in [0.717, 1.165) is 13.0 Å². The summed E-state index contributed by atoms with van der Waals surface area (Å²) >= 11 is 0. The van der Waals surface area contributed by atoms with E-state index >= 15 is 0 Å². The second-order valence-corrected chi connectivity index (χ2v) is 1.39. The van der Waals surface area contributed by atoms with Gasteiger partial charge in [0, 0.05) is 6.54 Å². The van der Waals surface area contributed by atoms with E-state index in [0.29, 0.717) is 6.61 Å². The second-order valence-electron chi connectivity index (χ2n) is 1.39. The van der Waals surface area contributed by atoms with Crippen LogP contribution in [0, 0.1) is 12.3 Å². The summed E-state index contributed by atoms with van der Waals surface area (Å²) in [6, 6.07) is 0. The van der Waals surface area contributed by atoms with Gasteiger partial charge in [-0.25, -0.2) is 5.48 Å². The van der Waals surface area contributed by atoms with Crippen LogP contribution in [0.15, 0.2) is 0 Å². The third-order valence-electron chi connectivity index (χ3n) is 0.610. The van der Waals surface area contributed by atoms with E-state index < -0.39 is 0 Å². The van der Waals surface area contributed by atoms with Gasteiger partial charge in [-0.2, -0.15) is 0 Å². The summed E-state index contributed by atoms with van der Waals surface area (Å²) in [5.74, 6) is 2.34. The molecule has 0 spiro atoms. The van der Waals surface area contributed by atoms with Gasteiger partial charge in [-0.3, -0.25) is 4.84 Å². The van der Waals surface area contributed by atoms with Crippen molar-refractivity contribution in [3.05, 3.63) is 0 Å². The molecule has 8 heavy (non-hydrogen) atoms. The van der Waals surface area contributed by atoms with E-state index in [1.54, 1.807) is 0 Å². The smallest absolute Gasteiger partial charge is 0.128 e. The molecule has 0 unspecified atom stereocenters. The fourth-order valence-corrected chi connectivity index (χ4v) is 0.267. The Labute approximate surface area is 50.2 Å². The first-order valence-electron chi connectivity index (χ1n) is 2.70. The van der Waals surface area contributed by atoms with Crippen LogP contribution in [0.3, 0.4) is 0 Å². The maximum atomic E-state index is 4.90.